The zero-order chi connectivity index (χ0) is 13.9. The van der Waals surface area contributed by atoms with Crippen LogP contribution in [0.15, 0.2) is 36.5 Å². The summed E-state index contributed by atoms with van der Waals surface area (Å²) in [7, 11) is 0. The van der Waals surface area contributed by atoms with Gasteiger partial charge in [-0.2, -0.15) is 0 Å². The van der Waals surface area contributed by atoms with Crippen LogP contribution >= 0.6 is 0 Å². The van der Waals surface area contributed by atoms with Gasteiger partial charge in [-0.25, -0.2) is 0 Å². The van der Waals surface area contributed by atoms with Gasteiger partial charge >= 0.3 is 0 Å². The summed E-state index contributed by atoms with van der Waals surface area (Å²) in [6, 6.07) is 9.66. The van der Waals surface area contributed by atoms with Crippen LogP contribution in [0.3, 0.4) is 0 Å². The summed E-state index contributed by atoms with van der Waals surface area (Å²) in [6.45, 7) is 0.408. The van der Waals surface area contributed by atoms with Crippen molar-refractivity contribution in [2.45, 2.75) is 12.8 Å². The third-order valence-electron chi connectivity index (χ3n) is 3.49. The van der Waals surface area contributed by atoms with Crippen LogP contribution in [0.2, 0.25) is 0 Å². The Bertz CT molecular complexity index is 659. The molecule has 5 heteroatoms. The Balaban J connectivity index is 1.72. The number of nitrogens with zero attached hydrogens (tertiary/aromatic N) is 1. The Kier molecular flexibility index (Phi) is 3.33. The maximum absolute atomic E-state index is 12.1. The Labute approximate surface area is 116 Å². The van der Waals surface area contributed by atoms with Crippen molar-refractivity contribution in [3.8, 4) is 0 Å². The Morgan fingerprint density at radius 2 is 2.20 bits per heavy atom. The van der Waals surface area contributed by atoms with Gasteiger partial charge in [-0.1, -0.05) is 18.2 Å². The molecule has 20 heavy (non-hydrogen) atoms. The molecule has 3 rings (SSSR count). The minimum absolute atomic E-state index is 0.0152. The van der Waals surface area contributed by atoms with Crippen LogP contribution in [-0.2, 0) is 9.59 Å². The lowest BCUT2D eigenvalue weighted by atomic mass is 9.98. The summed E-state index contributed by atoms with van der Waals surface area (Å²) in [5, 5.41) is 6.57. The number of amides is 2. The molecule has 0 aliphatic carbocycles. The van der Waals surface area contributed by atoms with E-state index in [4.69, 9.17) is 0 Å². The molecule has 1 fully saturated rings. The molecule has 5 nitrogen and oxygen atoms in total. The Hall–Kier alpha value is -2.43. The van der Waals surface area contributed by atoms with Crippen LogP contribution in [0.5, 0.6) is 0 Å². The highest BCUT2D eigenvalue weighted by atomic mass is 16.2. The minimum Gasteiger partial charge on any atom is -0.355 e. The molecule has 2 heterocycles. The topological polar surface area (TPSA) is 71.1 Å². The van der Waals surface area contributed by atoms with E-state index in [1.54, 1.807) is 6.20 Å². The van der Waals surface area contributed by atoms with Gasteiger partial charge in [0.2, 0.25) is 11.8 Å². The largest absolute Gasteiger partial charge is 0.355 e. The third kappa shape index (κ3) is 2.61. The fourth-order valence-corrected chi connectivity index (χ4v) is 2.34. The van der Waals surface area contributed by atoms with Crippen molar-refractivity contribution in [2.24, 2.45) is 5.92 Å². The number of carbonyl (C=O) groups is 2. The molecule has 0 saturated carbocycles. The molecule has 102 valence electrons. The lowest BCUT2D eigenvalue weighted by Gasteiger charge is -2.21. The van der Waals surface area contributed by atoms with E-state index >= 15 is 0 Å². The number of piperidine rings is 1. The first kappa shape index (κ1) is 12.6. The van der Waals surface area contributed by atoms with Gasteiger partial charge in [0.05, 0.1) is 23.3 Å². The van der Waals surface area contributed by atoms with E-state index in [2.05, 4.69) is 15.6 Å². The second-order valence-corrected chi connectivity index (χ2v) is 4.95. The highest BCUT2D eigenvalue weighted by Gasteiger charge is 2.24. The van der Waals surface area contributed by atoms with Crippen molar-refractivity contribution >= 4 is 28.4 Å². The molecule has 1 aromatic heterocycles. The van der Waals surface area contributed by atoms with Crippen LogP contribution in [0.25, 0.3) is 10.9 Å². The van der Waals surface area contributed by atoms with Crippen molar-refractivity contribution in [2.75, 3.05) is 11.9 Å². The molecule has 1 saturated heterocycles. The van der Waals surface area contributed by atoms with E-state index in [0.717, 1.165) is 10.9 Å². The standard InChI is InChI=1S/C15H15N3O2/c19-14-6-5-11(8-17-14)15(20)18-12-7-10-3-1-2-4-13(10)16-9-12/h1-4,7,9,11H,5-6,8H2,(H,17,19)(H,18,20). The first-order chi connectivity index (χ1) is 9.72. The van der Waals surface area contributed by atoms with Gasteiger partial charge in [0, 0.05) is 18.4 Å². The molecule has 2 aromatic rings. The Morgan fingerprint density at radius 3 is 3.00 bits per heavy atom. The lowest BCUT2D eigenvalue weighted by molar-refractivity contribution is -0.126. The van der Waals surface area contributed by atoms with Crippen molar-refractivity contribution in [3.05, 3.63) is 36.5 Å². The Morgan fingerprint density at radius 1 is 1.35 bits per heavy atom. The van der Waals surface area contributed by atoms with E-state index < -0.39 is 0 Å². The summed E-state index contributed by atoms with van der Waals surface area (Å²) in [4.78, 5) is 27.5. The average molecular weight is 269 g/mol. The van der Waals surface area contributed by atoms with Gasteiger partial charge in [0.15, 0.2) is 0 Å². The molecular weight excluding hydrogens is 254 g/mol. The third-order valence-corrected chi connectivity index (χ3v) is 3.49. The summed E-state index contributed by atoms with van der Waals surface area (Å²) in [5.74, 6) is -0.220. The number of hydrogen-bond acceptors (Lipinski definition) is 3. The fourth-order valence-electron chi connectivity index (χ4n) is 2.34. The molecule has 1 aromatic carbocycles. The molecule has 1 aliphatic heterocycles. The minimum atomic E-state index is -0.167. The number of aromatic nitrogens is 1. The summed E-state index contributed by atoms with van der Waals surface area (Å²) < 4.78 is 0. The van der Waals surface area contributed by atoms with Crippen LogP contribution < -0.4 is 10.6 Å². The summed E-state index contributed by atoms with van der Waals surface area (Å²) in [5.41, 5.74) is 1.58. The number of para-hydroxylation sites is 1. The van der Waals surface area contributed by atoms with Gasteiger partial charge in [-0.3, -0.25) is 14.6 Å². The van der Waals surface area contributed by atoms with E-state index in [0.29, 0.717) is 25.1 Å². The summed E-state index contributed by atoms with van der Waals surface area (Å²) >= 11 is 0. The molecule has 0 radical (unpaired) electrons. The van der Waals surface area contributed by atoms with Gasteiger partial charge < -0.3 is 10.6 Å². The maximum Gasteiger partial charge on any atom is 0.229 e. The SMILES string of the molecule is O=C1CCC(C(=O)Nc2cnc3ccccc3c2)CN1. The molecule has 0 spiro atoms. The molecule has 2 amide bonds. The zero-order valence-electron chi connectivity index (χ0n) is 10.9. The zero-order valence-corrected chi connectivity index (χ0v) is 10.9. The molecule has 1 unspecified atom stereocenters. The van der Waals surface area contributed by atoms with Gasteiger partial charge in [-0.15, -0.1) is 0 Å². The van der Waals surface area contributed by atoms with Gasteiger partial charge in [0.25, 0.3) is 0 Å². The quantitative estimate of drug-likeness (QED) is 0.871. The van der Waals surface area contributed by atoms with Crippen LogP contribution in [0.1, 0.15) is 12.8 Å². The first-order valence-electron chi connectivity index (χ1n) is 6.65. The molecule has 0 bridgehead atoms. The van der Waals surface area contributed by atoms with Crippen LogP contribution in [0, 0.1) is 5.92 Å². The van der Waals surface area contributed by atoms with Gasteiger partial charge in [-0.05, 0) is 18.6 Å². The maximum atomic E-state index is 12.1. The van der Waals surface area contributed by atoms with Crippen molar-refractivity contribution in [1.29, 1.82) is 0 Å². The molecule has 1 atom stereocenters. The number of carbonyl (C=O) groups excluding carboxylic acids is 2. The number of fused-ring (bicyclic) bond motifs is 1. The van der Waals surface area contributed by atoms with Crippen molar-refractivity contribution in [1.82, 2.24) is 10.3 Å². The smallest absolute Gasteiger partial charge is 0.229 e. The lowest BCUT2D eigenvalue weighted by Crippen LogP contribution is -2.40. The highest BCUT2D eigenvalue weighted by Crippen LogP contribution is 2.18. The van der Waals surface area contributed by atoms with Gasteiger partial charge in [0.1, 0.15) is 0 Å². The van der Waals surface area contributed by atoms with E-state index in [-0.39, 0.29) is 17.7 Å². The van der Waals surface area contributed by atoms with Crippen molar-refractivity contribution in [3.63, 3.8) is 0 Å². The number of pyridine rings is 1. The molecule has 2 N–H and O–H groups in total. The molecular formula is C15H15N3O2. The molecule has 1 aliphatic rings. The fraction of sp³-hybridized carbons (Fsp3) is 0.267. The predicted molar refractivity (Wildman–Crippen MR) is 76.1 cm³/mol. The van der Waals surface area contributed by atoms with E-state index in [9.17, 15) is 9.59 Å². The number of anilines is 1. The average Bonchev–Trinajstić information content (AvgIpc) is 2.48. The first-order valence-corrected chi connectivity index (χ1v) is 6.65. The van der Waals surface area contributed by atoms with Crippen LogP contribution in [0.4, 0.5) is 5.69 Å². The normalized spacial score (nSPS) is 18.6. The van der Waals surface area contributed by atoms with E-state index in [1.165, 1.54) is 0 Å². The second-order valence-electron chi connectivity index (χ2n) is 4.95. The van der Waals surface area contributed by atoms with Crippen molar-refractivity contribution < 1.29 is 9.59 Å². The predicted octanol–water partition coefficient (Wildman–Crippen LogP) is 1.70. The number of rotatable bonds is 2. The monoisotopic (exact) mass is 269 g/mol. The van der Waals surface area contributed by atoms with Crippen LogP contribution in [-0.4, -0.2) is 23.3 Å². The highest BCUT2D eigenvalue weighted by molar-refractivity contribution is 5.95. The second kappa shape index (κ2) is 5.28. The van der Waals surface area contributed by atoms with E-state index in [1.807, 2.05) is 30.3 Å². The number of benzene rings is 1. The summed E-state index contributed by atoms with van der Waals surface area (Å²) in [6.07, 6.45) is 2.66. The number of nitrogens with one attached hydrogen (secondary N) is 2. The number of hydrogen-bond donors (Lipinski definition) is 2.